The molecule has 3 aromatic rings. The standard InChI is InChI=1S/C25H26N6O3S/c1-25(23(33)27-24(34)28-25)15-35-19-8-5-4-7-18(19)22(32)26-17-12-10-16(11-13-17)21-30-29-20-9-3-2-6-14-31(20)21/h4-5,7-8,10-13H,2-3,6,9,14-15H2,1H3,(H,26,32)(H2,27,28,33,34). The fraction of sp³-hybridized carbons (Fsp3) is 0.320. The molecule has 0 aliphatic carbocycles. The van der Waals surface area contributed by atoms with Crippen LogP contribution in [-0.4, -0.2) is 43.9 Å². The zero-order valence-corrected chi connectivity index (χ0v) is 20.2. The van der Waals surface area contributed by atoms with Gasteiger partial charge in [0.25, 0.3) is 11.8 Å². The van der Waals surface area contributed by atoms with E-state index in [1.165, 1.54) is 18.2 Å². The molecule has 0 radical (unpaired) electrons. The second kappa shape index (κ2) is 9.53. The van der Waals surface area contributed by atoms with Crippen LogP contribution in [0, 0.1) is 0 Å². The summed E-state index contributed by atoms with van der Waals surface area (Å²) in [7, 11) is 0. The highest BCUT2D eigenvalue weighted by molar-refractivity contribution is 7.99. The molecule has 0 bridgehead atoms. The maximum Gasteiger partial charge on any atom is 0.322 e. The van der Waals surface area contributed by atoms with Crippen molar-refractivity contribution in [3.05, 3.63) is 59.9 Å². The van der Waals surface area contributed by atoms with Crippen molar-refractivity contribution in [3.8, 4) is 11.4 Å². The highest BCUT2D eigenvalue weighted by Crippen LogP contribution is 2.29. The second-order valence-electron chi connectivity index (χ2n) is 8.96. The second-order valence-corrected chi connectivity index (χ2v) is 9.98. The minimum Gasteiger partial charge on any atom is -0.323 e. The van der Waals surface area contributed by atoms with Gasteiger partial charge in [0, 0.05) is 34.9 Å². The molecule has 10 heteroatoms. The molecule has 1 aromatic heterocycles. The van der Waals surface area contributed by atoms with Crippen LogP contribution in [0.2, 0.25) is 0 Å². The number of nitrogens with one attached hydrogen (secondary N) is 3. The van der Waals surface area contributed by atoms with Crippen LogP contribution in [0.25, 0.3) is 11.4 Å². The molecule has 1 fully saturated rings. The highest BCUT2D eigenvalue weighted by atomic mass is 32.2. The van der Waals surface area contributed by atoms with Crippen molar-refractivity contribution >= 4 is 35.3 Å². The zero-order valence-electron chi connectivity index (χ0n) is 19.3. The van der Waals surface area contributed by atoms with E-state index in [0.29, 0.717) is 17.0 Å². The Balaban J connectivity index is 1.28. The molecule has 9 nitrogen and oxygen atoms in total. The molecule has 4 amide bonds. The average Bonchev–Trinajstić information content (AvgIpc) is 3.26. The van der Waals surface area contributed by atoms with E-state index < -0.39 is 11.6 Å². The number of rotatable bonds is 6. The number of thioether (sulfide) groups is 1. The SMILES string of the molecule is CC1(CSc2ccccc2C(=O)Nc2ccc(-c3nnc4n3CCCCC4)cc2)NC(=O)NC1=O. The van der Waals surface area contributed by atoms with Crippen LogP contribution in [-0.2, 0) is 17.8 Å². The van der Waals surface area contributed by atoms with E-state index in [1.54, 1.807) is 19.1 Å². The smallest absolute Gasteiger partial charge is 0.322 e. The largest absolute Gasteiger partial charge is 0.323 e. The number of benzene rings is 2. The van der Waals surface area contributed by atoms with Gasteiger partial charge in [-0.15, -0.1) is 22.0 Å². The van der Waals surface area contributed by atoms with Gasteiger partial charge in [0.2, 0.25) is 0 Å². The summed E-state index contributed by atoms with van der Waals surface area (Å²) in [4.78, 5) is 37.4. The van der Waals surface area contributed by atoms with Gasteiger partial charge in [0.15, 0.2) is 5.82 Å². The van der Waals surface area contributed by atoms with Gasteiger partial charge in [0.05, 0.1) is 5.56 Å². The Morgan fingerprint density at radius 3 is 2.66 bits per heavy atom. The Morgan fingerprint density at radius 2 is 1.89 bits per heavy atom. The molecule has 5 rings (SSSR count). The van der Waals surface area contributed by atoms with E-state index in [1.807, 2.05) is 36.4 Å². The van der Waals surface area contributed by atoms with Crippen molar-refractivity contribution in [1.82, 2.24) is 25.4 Å². The fourth-order valence-corrected chi connectivity index (χ4v) is 5.42. The van der Waals surface area contributed by atoms with Crippen molar-refractivity contribution in [1.29, 1.82) is 0 Å². The third-order valence-electron chi connectivity index (χ3n) is 6.28. The average molecular weight is 491 g/mol. The summed E-state index contributed by atoms with van der Waals surface area (Å²) in [6.07, 6.45) is 4.42. The molecular weight excluding hydrogens is 464 g/mol. The summed E-state index contributed by atoms with van der Waals surface area (Å²) in [5, 5.41) is 16.6. The molecular formula is C25H26N6O3S. The van der Waals surface area contributed by atoms with Gasteiger partial charge in [-0.2, -0.15) is 0 Å². The van der Waals surface area contributed by atoms with Gasteiger partial charge in [-0.3, -0.25) is 14.9 Å². The van der Waals surface area contributed by atoms with Gasteiger partial charge in [-0.05, 0) is 56.2 Å². The first-order valence-electron chi connectivity index (χ1n) is 11.6. The van der Waals surface area contributed by atoms with Crippen LogP contribution >= 0.6 is 11.8 Å². The van der Waals surface area contributed by atoms with Crippen LogP contribution in [0.3, 0.4) is 0 Å². The minimum atomic E-state index is -1.03. The molecule has 1 saturated heterocycles. The van der Waals surface area contributed by atoms with Crippen molar-refractivity contribution in [2.75, 3.05) is 11.1 Å². The predicted molar refractivity (Wildman–Crippen MR) is 133 cm³/mol. The van der Waals surface area contributed by atoms with Crippen LogP contribution in [0.4, 0.5) is 10.5 Å². The molecule has 180 valence electrons. The third kappa shape index (κ3) is 4.79. The summed E-state index contributed by atoms with van der Waals surface area (Å²) in [6.45, 7) is 2.59. The van der Waals surface area contributed by atoms with Crippen LogP contribution < -0.4 is 16.0 Å². The van der Waals surface area contributed by atoms with E-state index >= 15 is 0 Å². The van der Waals surface area contributed by atoms with E-state index in [0.717, 1.165) is 47.9 Å². The molecule has 2 aliphatic rings. The normalized spacial score (nSPS) is 19.5. The molecule has 3 N–H and O–H groups in total. The molecule has 2 aliphatic heterocycles. The van der Waals surface area contributed by atoms with Gasteiger partial charge < -0.3 is 15.2 Å². The summed E-state index contributed by atoms with van der Waals surface area (Å²) in [5.74, 6) is 1.57. The van der Waals surface area contributed by atoms with Crippen molar-refractivity contribution < 1.29 is 14.4 Å². The van der Waals surface area contributed by atoms with Crippen molar-refractivity contribution in [3.63, 3.8) is 0 Å². The molecule has 35 heavy (non-hydrogen) atoms. The number of carbonyl (C=O) groups is 3. The van der Waals surface area contributed by atoms with Crippen molar-refractivity contribution in [2.24, 2.45) is 0 Å². The summed E-state index contributed by atoms with van der Waals surface area (Å²) < 4.78 is 2.20. The maximum atomic E-state index is 13.1. The lowest BCUT2D eigenvalue weighted by atomic mass is 10.1. The Morgan fingerprint density at radius 1 is 1.09 bits per heavy atom. The number of aromatic nitrogens is 3. The van der Waals surface area contributed by atoms with Crippen LogP contribution in [0.5, 0.6) is 0 Å². The summed E-state index contributed by atoms with van der Waals surface area (Å²) in [6, 6.07) is 14.3. The van der Waals surface area contributed by atoms with Gasteiger partial charge >= 0.3 is 6.03 Å². The van der Waals surface area contributed by atoms with E-state index in [4.69, 9.17) is 0 Å². The first kappa shape index (κ1) is 23.1. The van der Waals surface area contributed by atoms with Crippen LogP contribution in [0.15, 0.2) is 53.4 Å². The Kier molecular flexibility index (Phi) is 6.29. The lowest BCUT2D eigenvalue weighted by Gasteiger charge is -2.20. The quantitative estimate of drug-likeness (QED) is 0.359. The van der Waals surface area contributed by atoms with Crippen LogP contribution in [0.1, 0.15) is 42.4 Å². The number of imide groups is 1. The molecule has 2 aromatic carbocycles. The first-order valence-corrected chi connectivity index (χ1v) is 12.6. The third-order valence-corrected chi connectivity index (χ3v) is 7.66. The topological polar surface area (TPSA) is 118 Å². The minimum absolute atomic E-state index is 0.248. The monoisotopic (exact) mass is 490 g/mol. The number of amides is 4. The van der Waals surface area contributed by atoms with E-state index in [2.05, 4.69) is 30.7 Å². The van der Waals surface area contributed by atoms with Gasteiger partial charge in [0.1, 0.15) is 11.4 Å². The lowest BCUT2D eigenvalue weighted by molar-refractivity contribution is -0.122. The van der Waals surface area contributed by atoms with Gasteiger partial charge in [-0.1, -0.05) is 18.6 Å². The zero-order chi connectivity index (χ0) is 24.4. The molecule has 0 saturated carbocycles. The summed E-state index contributed by atoms with van der Waals surface area (Å²) >= 11 is 1.35. The van der Waals surface area contributed by atoms with E-state index in [-0.39, 0.29) is 11.8 Å². The Labute approximate surface area is 207 Å². The number of fused-ring (bicyclic) bond motifs is 1. The molecule has 0 spiro atoms. The highest BCUT2D eigenvalue weighted by Gasteiger charge is 2.41. The predicted octanol–water partition coefficient (Wildman–Crippen LogP) is 3.61. The number of hydrogen-bond donors (Lipinski definition) is 3. The number of hydrogen-bond acceptors (Lipinski definition) is 6. The molecule has 1 unspecified atom stereocenters. The first-order chi connectivity index (χ1) is 16.9. The molecule has 1 atom stereocenters. The van der Waals surface area contributed by atoms with Crippen molar-refractivity contribution in [2.45, 2.75) is 49.6 Å². The number of anilines is 1. The number of nitrogens with zero attached hydrogens (tertiary/aromatic N) is 3. The lowest BCUT2D eigenvalue weighted by Crippen LogP contribution is -2.46. The molecule has 3 heterocycles. The van der Waals surface area contributed by atoms with Gasteiger partial charge in [-0.25, -0.2) is 4.79 Å². The number of urea groups is 1. The van der Waals surface area contributed by atoms with E-state index in [9.17, 15) is 14.4 Å². The number of aryl methyl sites for hydroxylation is 1. The Bertz CT molecular complexity index is 1290. The maximum absolute atomic E-state index is 13.1. The summed E-state index contributed by atoms with van der Waals surface area (Å²) in [5.41, 5.74) is 1.10. The fourth-order valence-electron chi connectivity index (χ4n) is 4.28. The number of carbonyl (C=O) groups excluding carboxylic acids is 3. The Hall–Kier alpha value is -3.66.